The number of hydrogen-bond acceptors (Lipinski definition) is 33. The van der Waals surface area contributed by atoms with Crippen LogP contribution in [-0.4, -0.2) is 244 Å². The van der Waals surface area contributed by atoms with Crippen molar-refractivity contribution in [2.75, 3.05) is 62.6 Å². The van der Waals surface area contributed by atoms with Gasteiger partial charge in [-0.3, -0.25) is 33.3 Å². The summed E-state index contributed by atoms with van der Waals surface area (Å²) < 4.78 is 71.5. The average molecular weight is 1510 g/mol. The van der Waals surface area contributed by atoms with E-state index in [1.807, 2.05) is 55.4 Å². The molecule has 41 heteroatoms. The number of H-pyrrole nitrogens is 2. The van der Waals surface area contributed by atoms with Gasteiger partial charge < -0.3 is 120 Å². The van der Waals surface area contributed by atoms with Gasteiger partial charge in [0.25, 0.3) is 18.7 Å². The number of aliphatic hydroxyl groups is 8. The Hall–Kier alpha value is -6.77. The molecule has 13 rings (SSSR count). The molecule has 5 fully saturated rings. The van der Waals surface area contributed by atoms with Crippen molar-refractivity contribution in [3.63, 3.8) is 0 Å². The molecule has 18 N–H and O–H groups in total. The molecule has 5 aliphatic rings. The fourth-order valence-electron chi connectivity index (χ4n) is 11.7. The standard InChI is InChI=1S/C15H22N4O5.C15H22N4O4.C14H21N5O5.C14H21N5O4.C4H8O3P.V/c1-7(2)23-6-9-10(20)15(3,22)13(24-9)19-5-4-8-11(19)17-14(16)18-12(8)21;1-8(2)22-6-10-11(20)15(3,21)14(23-10)19-5-4-9-12(16)17-7-18-13(9)19;1-6(2)23-4-7-9(20)14(3,22)12(24-7)19-5-16-8-10(19)17-13(15)18-11(8)21;1-7(2)22-4-8-10(20)14(3,21)13(23-8)19-6-18-9-11(15)16-5-17-12(9)19;1-8(5)6-3-2-4-7-8;/h4-5,7,9-10,13,20,22H,6H2,1-3H3,(H3,16,17,18,21);4-5,7-8,10-11,14,20-21H,6H2,1-3H3,(H2,16,17,18);5-7,9,12,20,22H,4H2,1-3H3,(H3,15,17,18,21);5-8,10,13,20-21H,4H2,1-3H3,(H2,15,16,17);3H,2,4H2,1H3;/q;;;;-1;/t9-,10-,13-,15-;10-,11-,14-,15-;7-,9-,12-,14-;8-,10-,13-,14-;;/m1111../s1. The fraction of sp³-hybridized carbons (Fsp3) is 0.629. The molecule has 8 aromatic rings. The molecule has 1 radical (unpaired) electrons. The summed E-state index contributed by atoms with van der Waals surface area (Å²) in [7, 11) is -2.64. The Morgan fingerprint density at radius 2 is 0.903 bits per heavy atom. The predicted molar refractivity (Wildman–Crippen MR) is 365 cm³/mol. The second kappa shape index (κ2) is 32.9. The van der Waals surface area contributed by atoms with Crippen molar-refractivity contribution < 1.29 is 111 Å². The Labute approximate surface area is 601 Å². The van der Waals surface area contributed by atoms with E-state index in [0.717, 1.165) is 6.42 Å². The van der Waals surface area contributed by atoms with Gasteiger partial charge in [0.05, 0.1) is 74.3 Å². The Balaban J connectivity index is 0.000000167. The third kappa shape index (κ3) is 17.9. The number of anilines is 4. The summed E-state index contributed by atoms with van der Waals surface area (Å²) in [6.45, 7) is 25.1. The van der Waals surface area contributed by atoms with Crippen molar-refractivity contribution >= 4 is 75.5 Å². The van der Waals surface area contributed by atoms with Crippen LogP contribution >= 0.6 is 7.60 Å². The van der Waals surface area contributed by atoms with Gasteiger partial charge >= 0.3 is 0 Å². The van der Waals surface area contributed by atoms with Crippen LogP contribution in [0.5, 0.6) is 0 Å². The molecule has 569 valence electrons. The number of ether oxygens (including phenoxy) is 8. The van der Waals surface area contributed by atoms with Crippen molar-refractivity contribution in [3.05, 3.63) is 77.2 Å². The molecule has 5 aliphatic heterocycles. The Kier molecular flexibility index (Phi) is 26.2. The summed E-state index contributed by atoms with van der Waals surface area (Å²) >= 11 is 0. The molecule has 13 heterocycles. The van der Waals surface area contributed by atoms with Crippen LogP contribution in [0.25, 0.3) is 44.4 Å². The number of aromatic nitrogens is 14. The minimum absolute atomic E-state index is 0. The molecule has 103 heavy (non-hydrogen) atoms. The van der Waals surface area contributed by atoms with Gasteiger partial charge in [-0.15, -0.1) is 6.42 Å². The van der Waals surface area contributed by atoms with Crippen LogP contribution in [0.2, 0.25) is 0 Å². The maximum absolute atomic E-state index is 11.9. The van der Waals surface area contributed by atoms with Gasteiger partial charge in [0, 0.05) is 44.2 Å². The van der Waals surface area contributed by atoms with Crippen molar-refractivity contribution in [1.29, 1.82) is 0 Å². The van der Waals surface area contributed by atoms with E-state index in [9.17, 15) is 55.0 Å². The number of fused-ring (bicyclic) bond motifs is 4. The number of nitrogen functional groups attached to an aromatic ring is 4. The Morgan fingerprint density at radius 3 is 1.31 bits per heavy atom. The smallest absolute Gasteiger partial charge is 0.297 e. The van der Waals surface area contributed by atoms with E-state index in [4.69, 9.17) is 65.4 Å². The zero-order valence-electron chi connectivity index (χ0n) is 59.1. The number of hydrogen-bond donors (Lipinski definition) is 14. The van der Waals surface area contributed by atoms with E-state index in [1.54, 1.807) is 33.7 Å². The maximum atomic E-state index is 11.9. The second-order valence-corrected chi connectivity index (χ2v) is 29.0. The van der Waals surface area contributed by atoms with Crippen LogP contribution in [0.1, 0.15) is 114 Å². The van der Waals surface area contributed by atoms with Crippen LogP contribution in [0.3, 0.4) is 0 Å². The summed E-state index contributed by atoms with van der Waals surface area (Å²) in [5.74, 6) is 0.482. The van der Waals surface area contributed by atoms with Crippen LogP contribution in [0.4, 0.5) is 23.5 Å². The van der Waals surface area contributed by atoms with E-state index in [-0.39, 0.29) is 109 Å². The van der Waals surface area contributed by atoms with Crippen molar-refractivity contribution in [2.24, 2.45) is 0 Å². The molecule has 5 saturated heterocycles. The van der Waals surface area contributed by atoms with E-state index in [0.29, 0.717) is 40.0 Å². The summed E-state index contributed by atoms with van der Waals surface area (Å²) in [6.07, 6.45) is -1.43. The van der Waals surface area contributed by atoms with Gasteiger partial charge in [-0.2, -0.15) is 16.6 Å². The van der Waals surface area contributed by atoms with Gasteiger partial charge in [0.2, 0.25) is 11.9 Å². The van der Waals surface area contributed by atoms with Gasteiger partial charge in [0.15, 0.2) is 53.2 Å². The quantitative estimate of drug-likeness (QED) is 0.0464. The predicted octanol–water partition coefficient (Wildman–Crippen LogP) is 0.573. The van der Waals surface area contributed by atoms with E-state index in [2.05, 4.69) is 54.4 Å². The van der Waals surface area contributed by atoms with Crippen LogP contribution in [0.15, 0.2) is 59.4 Å². The first kappa shape index (κ1) is 81.9. The number of rotatable bonds is 16. The molecule has 8 aromatic heterocycles. The Bertz CT molecular complexity index is 4050. The number of aliphatic hydroxyl groups excluding tert-OH is 4. The summed E-state index contributed by atoms with van der Waals surface area (Å²) in [5, 5.41) is 85.4. The van der Waals surface area contributed by atoms with Gasteiger partial charge in [0.1, 0.15) is 101 Å². The van der Waals surface area contributed by atoms with Gasteiger partial charge in [-0.1, -0.05) is 0 Å². The van der Waals surface area contributed by atoms with E-state index in [1.165, 1.54) is 75.4 Å². The second-order valence-electron chi connectivity index (χ2n) is 27.0. The Morgan fingerprint density at radius 1 is 0.534 bits per heavy atom. The monoisotopic (exact) mass is 1510 g/mol. The molecule has 0 amide bonds. The molecule has 0 spiro atoms. The molecule has 17 atom stereocenters. The van der Waals surface area contributed by atoms with Crippen molar-refractivity contribution in [3.8, 4) is 0 Å². The zero-order chi connectivity index (χ0) is 74.9. The maximum Gasteiger partial charge on any atom is 0.297 e. The third-order valence-corrected chi connectivity index (χ3v) is 18.4. The number of nitrogens with one attached hydrogen (secondary N) is 2. The summed E-state index contributed by atoms with van der Waals surface area (Å²) in [6, 6.07) is 3.32. The molecule has 39 nitrogen and oxygen atoms in total. The first-order valence-corrected chi connectivity index (χ1v) is 34.8. The average Bonchev–Trinajstić information content (AvgIpc) is 1.62. The molecule has 1 unspecified atom stereocenters. The third-order valence-electron chi connectivity index (χ3n) is 17.2. The van der Waals surface area contributed by atoms with Crippen LogP contribution in [-0.2, 0) is 70.1 Å². The fourth-order valence-corrected chi connectivity index (χ4v) is 12.6. The number of imidazole rings is 2. The van der Waals surface area contributed by atoms with Gasteiger partial charge in [-0.25, -0.2) is 29.9 Å². The van der Waals surface area contributed by atoms with Crippen LogP contribution in [0, 0.1) is 6.61 Å². The minimum Gasteiger partial charge on any atom is -0.486 e. The van der Waals surface area contributed by atoms with Crippen molar-refractivity contribution in [2.45, 2.75) is 210 Å². The van der Waals surface area contributed by atoms with Crippen molar-refractivity contribution in [1.82, 2.24) is 68.1 Å². The van der Waals surface area contributed by atoms with Gasteiger partial charge in [-0.05, 0) is 95.2 Å². The molecular formula is C62H94N18O21PV-. The number of nitrogens with two attached hydrogens (primary N) is 4. The number of nitrogens with zero attached hydrogens (tertiary/aromatic N) is 12. The molecule has 0 aromatic carbocycles. The molecular weight excluding hydrogens is 1410 g/mol. The molecule has 0 aliphatic carbocycles. The van der Waals surface area contributed by atoms with Crippen LogP contribution < -0.4 is 34.1 Å². The normalized spacial score (nSPS) is 31.3. The molecule has 0 bridgehead atoms. The first-order valence-electron chi connectivity index (χ1n) is 32.8. The largest absolute Gasteiger partial charge is 0.486 e. The summed E-state index contributed by atoms with van der Waals surface area (Å²) in [4.78, 5) is 61.1. The topological polar surface area (TPSA) is 564 Å². The minimum atomic E-state index is -2.64. The molecule has 0 saturated carbocycles. The number of aromatic amines is 2. The zero-order valence-corrected chi connectivity index (χ0v) is 61.4. The SMILES string of the molecule is CC(C)OC[C@H]1O[C@@H](n2ccc3c(=O)[nH]c(N)nc32)[C@](C)(O)[C@@H]1O.CC(C)OC[C@H]1O[C@@H](n2ccc3c(N)ncnc32)[C@](C)(O)[C@@H]1O.CC(C)OC[C@H]1O[C@@H](n2cnc3c(=O)[nH]c(N)nc32)[C@](C)(O)[C@@H]1O.CC(C)OC[C@H]1O[C@@H](n2cnc3c(N)ncnc32)[C@](C)(O)[C@@H]1O.CP1(=O)O[CH-]CCO1.[V]. The summed E-state index contributed by atoms with van der Waals surface area (Å²) in [5.41, 5.74) is 17.6. The van der Waals surface area contributed by atoms with E-state index >= 15 is 0 Å². The first-order chi connectivity index (χ1) is 47.8. The van der Waals surface area contributed by atoms with E-state index < -0.39 is 109 Å².